The summed E-state index contributed by atoms with van der Waals surface area (Å²) >= 11 is 0. The van der Waals surface area contributed by atoms with Crippen LogP contribution in [0.2, 0.25) is 0 Å². The Morgan fingerprint density at radius 2 is 1.79 bits per heavy atom. The summed E-state index contributed by atoms with van der Waals surface area (Å²) in [5.74, 6) is 0. The van der Waals surface area contributed by atoms with Gasteiger partial charge in [0.25, 0.3) is 0 Å². The predicted molar refractivity (Wildman–Crippen MR) is 84.6 cm³/mol. The molecule has 1 atom stereocenters. The molecule has 0 radical (unpaired) electrons. The fraction of sp³-hybridized carbons (Fsp3) is 0.647. The lowest BCUT2D eigenvalue weighted by Gasteiger charge is -2.44. The van der Waals surface area contributed by atoms with Crippen LogP contribution in [0.4, 0.5) is 0 Å². The third-order valence-corrected chi connectivity index (χ3v) is 4.07. The highest BCUT2D eigenvalue weighted by molar-refractivity contribution is 5.27. The van der Waals surface area contributed by atoms with Gasteiger partial charge in [-0.25, -0.2) is 0 Å². The lowest BCUT2D eigenvalue weighted by molar-refractivity contribution is 0.0918. The molecule has 2 heteroatoms. The van der Waals surface area contributed by atoms with Gasteiger partial charge in [-0.2, -0.15) is 0 Å². The molecule has 1 aromatic rings. The highest BCUT2D eigenvalue weighted by Gasteiger charge is 2.34. The van der Waals surface area contributed by atoms with Crippen molar-refractivity contribution in [2.45, 2.75) is 53.1 Å². The summed E-state index contributed by atoms with van der Waals surface area (Å²) in [6.45, 7) is 16.7. The maximum atomic E-state index is 3.67. The van der Waals surface area contributed by atoms with Gasteiger partial charge in [-0.1, -0.05) is 50.6 Å². The summed E-state index contributed by atoms with van der Waals surface area (Å²) in [5.41, 5.74) is 2.82. The number of rotatable bonds is 7. The van der Waals surface area contributed by atoms with Crippen molar-refractivity contribution in [1.29, 1.82) is 0 Å². The van der Waals surface area contributed by atoms with E-state index in [9.17, 15) is 0 Å². The van der Waals surface area contributed by atoms with Crippen LogP contribution in [0.5, 0.6) is 0 Å². The van der Waals surface area contributed by atoms with E-state index < -0.39 is 0 Å². The first-order chi connectivity index (χ1) is 8.97. The molecule has 1 unspecified atom stereocenters. The topological polar surface area (TPSA) is 15.3 Å². The molecule has 0 saturated carbocycles. The number of aryl methyl sites for hydroxylation is 1. The number of likely N-dealkylation sites (N-methyl/N-ethyl adjacent to an activating group) is 2. The Morgan fingerprint density at radius 3 is 2.26 bits per heavy atom. The van der Waals surface area contributed by atoms with Gasteiger partial charge in [-0.3, -0.25) is 4.90 Å². The molecular weight excluding hydrogens is 232 g/mol. The van der Waals surface area contributed by atoms with Gasteiger partial charge < -0.3 is 5.32 Å². The first-order valence-corrected chi connectivity index (χ1v) is 7.52. The van der Waals surface area contributed by atoms with Gasteiger partial charge in [0.05, 0.1) is 6.04 Å². The van der Waals surface area contributed by atoms with E-state index in [-0.39, 0.29) is 5.54 Å². The van der Waals surface area contributed by atoms with Gasteiger partial charge in [-0.15, -0.1) is 0 Å². The van der Waals surface area contributed by atoms with Crippen LogP contribution < -0.4 is 5.32 Å². The van der Waals surface area contributed by atoms with E-state index in [0.29, 0.717) is 6.04 Å². The average molecular weight is 262 g/mol. The second kappa shape index (κ2) is 7.06. The SMILES string of the molecule is CCNC(c1cccc(C)c1)C(C)(C)N(CC)CC. The van der Waals surface area contributed by atoms with Gasteiger partial charge in [0.15, 0.2) is 0 Å². The number of nitrogens with one attached hydrogen (secondary N) is 1. The zero-order valence-electron chi connectivity index (χ0n) is 13.5. The fourth-order valence-corrected chi connectivity index (χ4v) is 3.05. The Morgan fingerprint density at radius 1 is 1.16 bits per heavy atom. The van der Waals surface area contributed by atoms with Crippen LogP contribution >= 0.6 is 0 Å². The van der Waals surface area contributed by atoms with Crippen LogP contribution in [0.3, 0.4) is 0 Å². The van der Waals surface area contributed by atoms with E-state index in [2.05, 4.69) is 76.0 Å². The molecule has 0 heterocycles. The molecule has 108 valence electrons. The maximum absolute atomic E-state index is 3.67. The van der Waals surface area contributed by atoms with Gasteiger partial charge in [0, 0.05) is 5.54 Å². The second-order valence-electron chi connectivity index (χ2n) is 5.73. The predicted octanol–water partition coefficient (Wildman–Crippen LogP) is 3.77. The van der Waals surface area contributed by atoms with Crippen LogP contribution in [-0.2, 0) is 0 Å². The molecule has 0 fully saturated rings. The van der Waals surface area contributed by atoms with Crippen molar-refractivity contribution in [3.05, 3.63) is 35.4 Å². The fourth-order valence-electron chi connectivity index (χ4n) is 3.05. The van der Waals surface area contributed by atoms with Crippen LogP contribution in [0.1, 0.15) is 51.8 Å². The van der Waals surface area contributed by atoms with E-state index in [1.54, 1.807) is 0 Å². The summed E-state index contributed by atoms with van der Waals surface area (Å²) in [4.78, 5) is 2.53. The molecular formula is C17H30N2. The van der Waals surface area contributed by atoms with Crippen molar-refractivity contribution in [3.63, 3.8) is 0 Å². The molecule has 1 rings (SSSR count). The quantitative estimate of drug-likeness (QED) is 0.805. The minimum atomic E-state index is 0.104. The molecule has 1 aromatic carbocycles. The number of nitrogens with zero attached hydrogens (tertiary/aromatic N) is 1. The Balaban J connectivity index is 3.12. The largest absolute Gasteiger partial charge is 0.309 e. The summed E-state index contributed by atoms with van der Waals surface area (Å²) in [6, 6.07) is 9.23. The van der Waals surface area contributed by atoms with Crippen LogP contribution in [0.25, 0.3) is 0 Å². The Hall–Kier alpha value is -0.860. The van der Waals surface area contributed by atoms with Gasteiger partial charge >= 0.3 is 0 Å². The molecule has 2 nitrogen and oxygen atoms in total. The summed E-state index contributed by atoms with van der Waals surface area (Å²) in [7, 11) is 0. The molecule has 0 bridgehead atoms. The van der Waals surface area contributed by atoms with Crippen molar-refractivity contribution in [3.8, 4) is 0 Å². The molecule has 0 aliphatic carbocycles. The van der Waals surface area contributed by atoms with Crippen molar-refractivity contribution in [2.24, 2.45) is 0 Å². The lowest BCUT2D eigenvalue weighted by Crippen LogP contribution is -2.52. The molecule has 0 aliphatic heterocycles. The van der Waals surface area contributed by atoms with Crippen LogP contribution in [0, 0.1) is 6.92 Å². The van der Waals surface area contributed by atoms with Crippen LogP contribution in [-0.4, -0.2) is 30.1 Å². The van der Waals surface area contributed by atoms with Gasteiger partial charge in [0.2, 0.25) is 0 Å². The summed E-state index contributed by atoms with van der Waals surface area (Å²) in [5, 5.41) is 3.67. The standard InChI is InChI=1S/C17H30N2/c1-7-18-16(15-12-10-11-14(4)13-15)17(5,6)19(8-2)9-3/h10-13,16,18H,7-9H2,1-6H3. The Kier molecular flexibility index (Phi) is 6.02. The Bertz CT molecular complexity index is 381. The van der Waals surface area contributed by atoms with Crippen molar-refractivity contribution < 1.29 is 0 Å². The zero-order valence-corrected chi connectivity index (χ0v) is 13.5. The molecule has 0 saturated heterocycles. The first kappa shape index (κ1) is 16.2. The lowest BCUT2D eigenvalue weighted by atomic mass is 9.86. The van der Waals surface area contributed by atoms with E-state index in [4.69, 9.17) is 0 Å². The Labute approximate surface area is 119 Å². The molecule has 19 heavy (non-hydrogen) atoms. The van der Waals surface area contributed by atoms with Crippen LogP contribution in [0.15, 0.2) is 24.3 Å². The summed E-state index contributed by atoms with van der Waals surface area (Å²) < 4.78 is 0. The van der Waals surface area contributed by atoms with E-state index in [0.717, 1.165) is 19.6 Å². The first-order valence-electron chi connectivity index (χ1n) is 7.52. The van der Waals surface area contributed by atoms with Crippen molar-refractivity contribution in [2.75, 3.05) is 19.6 Å². The van der Waals surface area contributed by atoms with Crippen molar-refractivity contribution >= 4 is 0 Å². The summed E-state index contributed by atoms with van der Waals surface area (Å²) in [6.07, 6.45) is 0. The zero-order chi connectivity index (χ0) is 14.5. The average Bonchev–Trinajstić information content (AvgIpc) is 2.36. The molecule has 0 amide bonds. The van der Waals surface area contributed by atoms with Gasteiger partial charge in [-0.05, 0) is 46.0 Å². The van der Waals surface area contributed by atoms with E-state index in [1.165, 1.54) is 11.1 Å². The van der Waals surface area contributed by atoms with Gasteiger partial charge in [0.1, 0.15) is 0 Å². The molecule has 0 aromatic heterocycles. The molecule has 1 N–H and O–H groups in total. The van der Waals surface area contributed by atoms with E-state index in [1.807, 2.05) is 0 Å². The number of hydrogen-bond donors (Lipinski definition) is 1. The maximum Gasteiger partial charge on any atom is 0.0501 e. The minimum absolute atomic E-state index is 0.104. The monoisotopic (exact) mass is 262 g/mol. The minimum Gasteiger partial charge on any atom is -0.309 e. The second-order valence-corrected chi connectivity index (χ2v) is 5.73. The third kappa shape index (κ3) is 3.80. The molecule has 0 spiro atoms. The number of benzene rings is 1. The normalized spacial score (nSPS) is 13.8. The third-order valence-electron chi connectivity index (χ3n) is 4.07. The highest BCUT2D eigenvalue weighted by atomic mass is 15.2. The highest BCUT2D eigenvalue weighted by Crippen LogP contribution is 2.31. The van der Waals surface area contributed by atoms with Crippen molar-refractivity contribution in [1.82, 2.24) is 10.2 Å². The smallest absolute Gasteiger partial charge is 0.0501 e. The molecule has 0 aliphatic rings. The number of hydrogen-bond acceptors (Lipinski definition) is 2. The van der Waals surface area contributed by atoms with E-state index >= 15 is 0 Å².